The largest absolute Gasteiger partial charge is 0.493 e. The average molecular weight is 199 g/mol. The molecular weight excluding hydrogens is 188 g/mol. The molecule has 3 heteroatoms. The van der Waals surface area contributed by atoms with Gasteiger partial charge in [-0.15, -0.1) is 11.6 Å². The zero-order chi connectivity index (χ0) is 9.42. The highest BCUT2D eigenvalue weighted by atomic mass is 35.5. The van der Waals surface area contributed by atoms with Crippen LogP contribution in [0.15, 0.2) is 12.1 Å². The maximum Gasteiger partial charge on any atom is 0.161 e. The fourth-order valence-corrected chi connectivity index (χ4v) is 1.95. The Morgan fingerprint density at radius 3 is 2.38 bits per heavy atom. The number of rotatable bonds is 2. The molecule has 1 aliphatic carbocycles. The van der Waals surface area contributed by atoms with Gasteiger partial charge in [-0.3, -0.25) is 0 Å². The highest BCUT2D eigenvalue weighted by Gasteiger charge is 2.26. The second-order valence-corrected chi connectivity index (χ2v) is 3.60. The molecule has 1 unspecified atom stereocenters. The van der Waals surface area contributed by atoms with Gasteiger partial charge in [0.05, 0.1) is 19.6 Å². The van der Waals surface area contributed by atoms with E-state index >= 15 is 0 Å². The van der Waals surface area contributed by atoms with Crippen molar-refractivity contribution in [3.05, 3.63) is 23.3 Å². The molecule has 13 heavy (non-hydrogen) atoms. The van der Waals surface area contributed by atoms with Crippen molar-refractivity contribution in [2.45, 2.75) is 11.8 Å². The first-order valence-corrected chi connectivity index (χ1v) is 4.58. The summed E-state index contributed by atoms with van der Waals surface area (Å²) in [4.78, 5) is 0. The van der Waals surface area contributed by atoms with Crippen LogP contribution in [0, 0.1) is 0 Å². The summed E-state index contributed by atoms with van der Waals surface area (Å²) in [6, 6.07) is 3.95. The molecule has 1 aromatic rings. The third-order valence-corrected chi connectivity index (χ3v) is 2.77. The summed E-state index contributed by atoms with van der Waals surface area (Å²) in [6.07, 6.45) is 0.928. The van der Waals surface area contributed by atoms with E-state index < -0.39 is 0 Å². The van der Waals surface area contributed by atoms with E-state index in [4.69, 9.17) is 21.1 Å². The molecule has 2 nitrogen and oxygen atoms in total. The number of ether oxygens (including phenoxy) is 2. The Morgan fingerprint density at radius 2 is 1.85 bits per heavy atom. The van der Waals surface area contributed by atoms with Gasteiger partial charge in [0.15, 0.2) is 11.5 Å². The average Bonchev–Trinajstić information content (AvgIpc) is 2.15. The van der Waals surface area contributed by atoms with Gasteiger partial charge in [-0.05, 0) is 29.7 Å². The van der Waals surface area contributed by atoms with Crippen LogP contribution < -0.4 is 9.47 Å². The van der Waals surface area contributed by atoms with E-state index in [1.165, 1.54) is 11.1 Å². The third kappa shape index (κ3) is 1.25. The standard InChI is InChI=1S/C10H11ClO2/c1-12-9-4-6-3-8(11)7(6)5-10(9)13-2/h4-5,8H,3H2,1-2H3. The van der Waals surface area contributed by atoms with Crippen LogP contribution in [-0.2, 0) is 6.42 Å². The first-order valence-electron chi connectivity index (χ1n) is 4.15. The lowest BCUT2D eigenvalue weighted by Crippen LogP contribution is -2.12. The van der Waals surface area contributed by atoms with E-state index in [2.05, 4.69) is 0 Å². The van der Waals surface area contributed by atoms with Crippen molar-refractivity contribution in [3.63, 3.8) is 0 Å². The molecule has 70 valence electrons. The molecule has 0 spiro atoms. The van der Waals surface area contributed by atoms with Gasteiger partial charge in [0.1, 0.15) is 0 Å². The Bertz CT molecular complexity index is 336. The Morgan fingerprint density at radius 1 is 1.23 bits per heavy atom. The number of fused-ring (bicyclic) bond motifs is 1. The van der Waals surface area contributed by atoms with Gasteiger partial charge < -0.3 is 9.47 Å². The molecule has 1 aromatic carbocycles. The van der Waals surface area contributed by atoms with Crippen molar-refractivity contribution in [2.24, 2.45) is 0 Å². The Balaban J connectivity index is 2.45. The van der Waals surface area contributed by atoms with Crippen molar-refractivity contribution in [1.82, 2.24) is 0 Å². The first-order chi connectivity index (χ1) is 6.26. The zero-order valence-electron chi connectivity index (χ0n) is 7.63. The maximum atomic E-state index is 6.01. The van der Waals surface area contributed by atoms with Gasteiger partial charge >= 0.3 is 0 Å². The predicted molar refractivity (Wildman–Crippen MR) is 51.8 cm³/mol. The normalized spacial score (nSPS) is 18.8. The van der Waals surface area contributed by atoms with E-state index in [-0.39, 0.29) is 5.38 Å². The lowest BCUT2D eigenvalue weighted by molar-refractivity contribution is 0.353. The predicted octanol–water partition coefficient (Wildman–Crippen LogP) is 2.54. The molecule has 0 aromatic heterocycles. The molecule has 0 fully saturated rings. The second kappa shape index (κ2) is 3.11. The van der Waals surface area contributed by atoms with Crippen molar-refractivity contribution >= 4 is 11.6 Å². The van der Waals surface area contributed by atoms with Crippen molar-refractivity contribution in [3.8, 4) is 11.5 Å². The van der Waals surface area contributed by atoms with Gasteiger partial charge in [0.25, 0.3) is 0 Å². The van der Waals surface area contributed by atoms with Gasteiger partial charge in [0.2, 0.25) is 0 Å². The van der Waals surface area contributed by atoms with Crippen molar-refractivity contribution in [1.29, 1.82) is 0 Å². The highest BCUT2D eigenvalue weighted by molar-refractivity contribution is 6.22. The van der Waals surface area contributed by atoms with Crippen LogP contribution in [0.3, 0.4) is 0 Å². The summed E-state index contributed by atoms with van der Waals surface area (Å²) < 4.78 is 10.3. The molecule has 2 rings (SSSR count). The van der Waals surface area contributed by atoms with Gasteiger partial charge in [-0.25, -0.2) is 0 Å². The number of hydrogen-bond donors (Lipinski definition) is 0. The molecule has 0 amide bonds. The minimum atomic E-state index is 0.148. The second-order valence-electron chi connectivity index (χ2n) is 3.08. The lowest BCUT2D eigenvalue weighted by atomic mass is 9.87. The van der Waals surface area contributed by atoms with Crippen LogP contribution in [0.25, 0.3) is 0 Å². The topological polar surface area (TPSA) is 18.5 Å². The number of methoxy groups -OCH3 is 2. The quantitative estimate of drug-likeness (QED) is 0.680. The Hall–Kier alpha value is -0.890. The summed E-state index contributed by atoms with van der Waals surface area (Å²) in [5.74, 6) is 1.54. The van der Waals surface area contributed by atoms with E-state index in [0.29, 0.717) is 0 Å². The van der Waals surface area contributed by atoms with Gasteiger partial charge in [-0.1, -0.05) is 0 Å². The Kier molecular flexibility index (Phi) is 2.08. The molecule has 0 bridgehead atoms. The zero-order valence-corrected chi connectivity index (χ0v) is 8.39. The van der Waals surface area contributed by atoms with Crippen LogP contribution >= 0.6 is 11.6 Å². The summed E-state index contributed by atoms with van der Waals surface area (Å²) in [7, 11) is 3.27. The first kappa shape index (κ1) is 8.70. The van der Waals surface area contributed by atoms with Crippen LogP contribution in [0.1, 0.15) is 16.5 Å². The fourth-order valence-electron chi connectivity index (χ4n) is 1.58. The highest BCUT2D eigenvalue weighted by Crippen LogP contribution is 2.43. The number of benzene rings is 1. The Labute approximate surface area is 82.4 Å². The smallest absolute Gasteiger partial charge is 0.161 e. The molecule has 0 saturated heterocycles. The minimum absolute atomic E-state index is 0.148. The van der Waals surface area contributed by atoms with Crippen LogP contribution in [-0.4, -0.2) is 14.2 Å². The van der Waals surface area contributed by atoms with E-state index in [1.807, 2.05) is 12.1 Å². The number of alkyl halides is 1. The molecule has 0 radical (unpaired) electrons. The van der Waals surface area contributed by atoms with Crippen LogP contribution in [0.2, 0.25) is 0 Å². The van der Waals surface area contributed by atoms with Crippen molar-refractivity contribution < 1.29 is 9.47 Å². The summed E-state index contributed by atoms with van der Waals surface area (Å²) in [5.41, 5.74) is 2.43. The molecule has 0 heterocycles. The minimum Gasteiger partial charge on any atom is -0.493 e. The summed E-state index contributed by atoms with van der Waals surface area (Å²) in [5, 5.41) is 0.148. The number of hydrogen-bond acceptors (Lipinski definition) is 2. The molecular formula is C10H11ClO2. The monoisotopic (exact) mass is 198 g/mol. The molecule has 0 aliphatic heterocycles. The summed E-state index contributed by atoms with van der Waals surface area (Å²) in [6.45, 7) is 0. The van der Waals surface area contributed by atoms with Crippen LogP contribution in [0.5, 0.6) is 11.5 Å². The molecule has 0 N–H and O–H groups in total. The molecule has 1 atom stereocenters. The summed E-state index contributed by atoms with van der Waals surface area (Å²) >= 11 is 6.01. The lowest BCUT2D eigenvalue weighted by Gasteiger charge is -2.26. The maximum absolute atomic E-state index is 6.01. The SMILES string of the molecule is COc1cc2c(cc1OC)C(Cl)C2. The van der Waals surface area contributed by atoms with Crippen molar-refractivity contribution in [2.75, 3.05) is 14.2 Å². The fraction of sp³-hybridized carbons (Fsp3) is 0.400. The van der Waals surface area contributed by atoms with Crippen LogP contribution in [0.4, 0.5) is 0 Å². The van der Waals surface area contributed by atoms with Gasteiger partial charge in [-0.2, -0.15) is 0 Å². The molecule has 0 saturated carbocycles. The van der Waals surface area contributed by atoms with E-state index in [9.17, 15) is 0 Å². The molecule has 1 aliphatic rings. The number of halogens is 1. The van der Waals surface area contributed by atoms with E-state index in [0.717, 1.165) is 17.9 Å². The van der Waals surface area contributed by atoms with E-state index in [1.54, 1.807) is 14.2 Å². The third-order valence-electron chi connectivity index (χ3n) is 2.38. The van der Waals surface area contributed by atoms with Gasteiger partial charge in [0, 0.05) is 0 Å².